The average molecular weight is 489 g/mol. The number of ether oxygens (including phenoxy) is 1. The molecule has 0 radical (unpaired) electrons. The van der Waals surface area contributed by atoms with Gasteiger partial charge in [0.2, 0.25) is 0 Å². The summed E-state index contributed by atoms with van der Waals surface area (Å²) in [5, 5.41) is 10.7. The van der Waals surface area contributed by atoms with Crippen LogP contribution in [0.3, 0.4) is 0 Å². The summed E-state index contributed by atoms with van der Waals surface area (Å²) in [6, 6.07) is 34.4. The first-order chi connectivity index (χ1) is 17.8. The molecule has 0 bridgehead atoms. The van der Waals surface area contributed by atoms with Crippen molar-refractivity contribution in [2.45, 2.75) is 16.2 Å². The third-order valence-electron chi connectivity index (χ3n) is 6.29. The summed E-state index contributed by atoms with van der Waals surface area (Å²) in [4.78, 5) is 9.77. The number of aliphatic imine (C=N–C) groups is 1. The van der Waals surface area contributed by atoms with Crippen LogP contribution in [0.4, 0.5) is 11.4 Å². The van der Waals surface area contributed by atoms with Gasteiger partial charge in [-0.25, -0.2) is 4.99 Å². The Bertz CT molecular complexity index is 1560. The predicted molar refractivity (Wildman–Crippen MR) is 147 cm³/mol. The van der Waals surface area contributed by atoms with E-state index in [2.05, 4.69) is 58.6 Å². The van der Waals surface area contributed by atoms with Crippen LogP contribution in [0.25, 0.3) is 10.9 Å². The molecule has 1 aromatic heterocycles. The standard InChI is InChI=1S/C30H24N4OS/c1-35-22-17-15-20(16-18-22)30-29(34-33-21-9-3-2-4-10-21)28(32-26-13-7-8-14-27(26)36-30)24-19-31-25-12-6-5-11-23(24)25/h2-19,29-31H,1H3. The molecule has 2 heterocycles. The highest BCUT2D eigenvalue weighted by molar-refractivity contribution is 7.99. The van der Waals surface area contributed by atoms with Crippen LogP contribution in [0.5, 0.6) is 5.75 Å². The van der Waals surface area contributed by atoms with Crippen LogP contribution in [0.15, 0.2) is 129 Å². The summed E-state index contributed by atoms with van der Waals surface area (Å²) < 4.78 is 5.42. The predicted octanol–water partition coefficient (Wildman–Crippen LogP) is 8.30. The van der Waals surface area contributed by atoms with Crippen molar-refractivity contribution in [2.24, 2.45) is 15.2 Å². The van der Waals surface area contributed by atoms with E-state index in [-0.39, 0.29) is 11.3 Å². The van der Waals surface area contributed by atoms with Crippen molar-refractivity contribution in [3.8, 4) is 5.75 Å². The van der Waals surface area contributed by atoms with E-state index < -0.39 is 0 Å². The van der Waals surface area contributed by atoms with E-state index in [1.54, 1.807) is 18.9 Å². The number of H-pyrrole nitrogens is 1. The van der Waals surface area contributed by atoms with Crippen molar-refractivity contribution in [2.75, 3.05) is 7.11 Å². The Kier molecular flexibility index (Phi) is 6.10. The molecule has 0 spiro atoms. The highest BCUT2D eigenvalue weighted by Gasteiger charge is 2.34. The zero-order valence-corrected chi connectivity index (χ0v) is 20.5. The lowest BCUT2D eigenvalue weighted by atomic mass is 9.96. The quantitative estimate of drug-likeness (QED) is 0.253. The molecule has 176 valence electrons. The highest BCUT2D eigenvalue weighted by Crippen LogP contribution is 2.47. The van der Waals surface area contributed by atoms with Crippen molar-refractivity contribution in [3.63, 3.8) is 0 Å². The van der Waals surface area contributed by atoms with Gasteiger partial charge in [0.05, 0.1) is 29.4 Å². The Hall–Kier alpha value is -4.16. The molecule has 5 aromatic rings. The second kappa shape index (κ2) is 9.84. The van der Waals surface area contributed by atoms with Gasteiger partial charge < -0.3 is 9.72 Å². The summed E-state index contributed by atoms with van der Waals surface area (Å²) in [6.07, 6.45) is 2.04. The number of nitrogens with one attached hydrogen (secondary N) is 1. The van der Waals surface area contributed by atoms with Gasteiger partial charge in [-0.2, -0.15) is 10.2 Å². The largest absolute Gasteiger partial charge is 0.497 e. The molecule has 6 heteroatoms. The molecule has 1 aliphatic heterocycles. The summed E-state index contributed by atoms with van der Waals surface area (Å²) in [7, 11) is 1.68. The first kappa shape index (κ1) is 22.3. The number of benzene rings is 4. The lowest BCUT2D eigenvalue weighted by Crippen LogP contribution is -2.25. The molecule has 36 heavy (non-hydrogen) atoms. The number of thioether (sulfide) groups is 1. The minimum Gasteiger partial charge on any atom is -0.497 e. The fraction of sp³-hybridized carbons (Fsp3) is 0.100. The number of methoxy groups -OCH3 is 1. The first-order valence-electron chi connectivity index (χ1n) is 11.8. The van der Waals surface area contributed by atoms with Gasteiger partial charge in [0.15, 0.2) is 0 Å². The highest BCUT2D eigenvalue weighted by atomic mass is 32.2. The Morgan fingerprint density at radius 3 is 2.42 bits per heavy atom. The van der Waals surface area contributed by atoms with Gasteiger partial charge in [0.1, 0.15) is 11.8 Å². The van der Waals surface area contributed by atoms with Crippen LogP contribution in [0, 0.1) is 0 Å². The number of fused-ring (bicyclic) bond motifs is 2. The number of para-hydroxylation sites is 2. The zero-order valence-electron chi connectivity index (χ0n) is 19.7. The second-order valence-corrected chi connectivity index (χ2v) is 9.70. The fourth-order valence-corrected chi connectivity index (χ4v) is 5.75. The van der Waals surface area contributed by atoms with Gasteiger partial charge >= 0.3 is 0 Å². The minimum absolute atomic E-state index is 0.0422. The molecule has 1 aliphatic rings. The molecule has 2 unspecified atom stereocenters. The molecule has 6 rings (SSSR count). The topological polar surface area (TPSA) is 62.1 Å². The van der Waals surface area contributed by atoms with Crippen LogP contribution in [0.1, 0.15) is 16.4 Å². The van der Waals surface area contributed by atoms with Gasteiger partial charge in [-0.3, -0.25) is 0 Å². The third-order valence-corrected chi connectivity index (χ3v) is 7.67. The number of azo groups is 1. The molecule has 0 amide bonds. The van der Waals surface area contributed by atoms with Gasteiger partial charge in [-0.05, 0) is 48.0 Å². The molecule has 2 atom stereocenters. The van der Waals surface area contributed by atoms with Crippen LogP contribution in [-0.4, -0.2) is 23.8 Å². The smallest absolute Gasteiger partial charge is 0.130 e. The number of hydrogen-bond acceptors (Lipinski definition) is 5. The monoisotopic (exact) mass is 488 g/mol. The average Bonchev–Trinajstić information content (AvgIpc) is 3.29. The van der Waals surface area contributed by atoms with E-state index in [9.17, 15) is 0 Å². The van der Waals surface area contributed by atoms with Crippen molar-refractivity contribution in [1.29, 1.82) is 0 Å². The third kappa shape index (κ3) is 4.32. The maximum Gasteiger partial charge on any atom is 0.130 e. The fourth-order valence-electron chi connectivity index (χ4n) is 4.48. The van der Waals surface area contributed by atoms with E-state index in [4.69, 9.17) is 14.8 Å². The van der Waals surface area contributed by atoms with E-state index in [0.29, 0.717) is 0 Å². The summed E-state index contributed by atoms with van der Waals surface area (Å²) >= 11 is 1.77. The van der Waals surface area contributed by atoms with Crippen molar-refractivity contribution in [3.05, 3.63) is 120 Å². The summed E-state index contributed by atoms with van der Waals surface area (Å²) in [5.41, 5.74) is 5.90. The molecule has 1 N–H and O–H groups in total. The Balaban J connectivity index is 1.56. The Labute approximate surface area is 214 Å². The van der Waals surface area contributed by atoms with Gasteiger partial charge in [0, 0.05) is 27.6 Å². The lowest BCUT2D eigenvalue weighted by Gasteiger charge is -2.23. The SMILES string of the molecule is COc1ccc(C2Sc3ccccc3N=C(c3c[nH]c4ccccc34)C2N=Nc2ccccc2)cc1. The van der Waals surface area contributed by atoms with Gasteiger partial charge in [-0.1, -0.05) is 60.7 Å². The number of aromatic amines is 1. The maximum absolute atomic E-state index is 5.42. The number of nitrogens with zero attached hydrogens (tertiary/aromatic N) is 3. The summed E-state index contributed by atoms with van der Waals surface area (Å²) in [5.74, 6) is 0.825. The molecule has 0 fully saturated rings. The molecular weight excluding hydrogens is 464 g/mol. The van der Waals surface area contributed by atoms with E-state index >= 15 is 0 Å². The van der Waals surface area contributed by atoms with Crippen LogP contribution >= 0.6 is 11.8 Å². The molecule has 4 aromatic carbocycles. The van der Waals surface area contributed by atoms with Crippen molar-refractivity contribution >= 4 is 39.8 Å². The number of aromatic nitrogens is 1. The van der Waals surface area contributed by atoms with Crippen molar-refractivity contribution < 1.29 is 4.74 Å². The maximum atomic E-state index is 5.42. The minimum atomic E-state index is -0.324. The number of hydrogen-bond donors (Lipinski definition) is 1. The van der Waals surface area contributed by atoms with Gasteiger partial charge in [0.25, 0.3) is 0 Å². The summed E-state index contributed by atoms with van der Waals surface area (Å²) in [6.45, 7) is 0. The van der Waals surface area contributed by atoms with Crippen LogP contribution in [-0.2, 0) is 0 Å². The van der Waals surface area contributed by atoms with Gasteiger partial charge in [-0.15, -0.1) is 11.8 Å². The van der Waals surface area contributed by atoms with Crippen molar-refractivity contribution in [1.82, 2.24) is 4.98 Å². The van der Waals surface area contributed by atoms with E-state index in [1.165, 1.54) is 0 Å². The van der Waals surface area contributed by atoms with E-state index in [1.807, 2.05) is 60.8 Å². The Morgan fingerprint density at radius 1 is 0.833 bits per heavy atom. The normalized spacial score (nSPS) is 17.5. The van der Waals surface area contributed by atoms with Crippen LogP contribution < -0.4 is 4.74 Å². The van der Waals surface area contributed by atoms with Crippen LogP contribution in [0.2, 0.25) is 0 Å². The molecule has 0 saturated heterocycles. The lowest BCUT2D eigenvalue weighted by molar-refractivity contribution is 0.414. The second-order valence-electron chi connectivity index (χ2n) is 8.52. The molecular formula is C30H24N4OS. The number of rotatable bonds is 5. The zero-order chi connectivity index (χ0) is 24.3. The Morgan fingerprint density at radius 2 is 1.58 bits per heavy atom. The van der Waals surface area contributed by atoms with E-state index in [0.717, 1.165) is 49.8 Å². The first-order valence-corrected chi connectivity index (χ1v) is 12.7. The molecule has 0 saturated carbocycles. The molecule has 0 aliphatic carbocycles. The molecule has 5 nitrogen and oxygen atoms in total.